The molecule has 0 aliphatic heterocycles. The number of para-hydroxylation sites is 2. The number of benzene rings is 2. The van der Waals surface area contributed by atoms with E-state index in [1.54, 1.807) is 25.3 Å². The number of anilines is 1. The first-order chi connectivity index (χ1) is 10.1. The smallest absolute Gasteiger partial charge is 0.294 e. The lowest BCUT2D eigenvalue weighted by molar-refractivity contribution is -0.384. The Morgan fingerprint density at radius 1 is 1.19 bits per heavy atom. The van der Waals surface area contributed by atoms with Crippen molar-refractivity contribution in [3.05, 3.63) is 64.2 Å². The van der Waals surface area contributed by atoms with Crippen LogP contribution in [0.3, 0.4) is 0 Å². The summed E-state index contributed by atoms with van der Waals surface area (Å²) in [5.74, 6) is 0.762. The van der Waals surface area contributed by atoms with E-state index in [1.165, 1.54) is 6.07 Å². The van der Waals surface area contributed by atoms with Gasteiger partial charge in [0.15, 0.2) is 0 Å². The third kappa shape index (κ3) is 3.56. The van der Waals surface area contributed by atoms with Crippen molar-refractivity contribution in [1.82, 2.24) is 0 Å². The van der Waals surface area contributed by atoms with Crippen LogP contribution in [0.5, 0.6) is 5.75 Å². The van der Waals surface area contributed by atoms with Crippen LogP contribution in [0, 0.1) is 10.1 Å². The van der Waals surface area contributed by atoms with Gasteiger partial charge in [0.2, 0.25) is 0 Å². The van der Waals surface area contributed by atoms with E-state index < -0.39 is 4.92 Å². The molecular weight excluding hydrogens is 270 g/mol. The van der Waals surface area contributed by atoms with E-state index in [4.69, 9.17) is 4.74 Å². The zero-order chi connectivity index (χ0) is 15.2. The lowest BCUT2D eigenvalue weighted by atomic mass is 10.1. The van der Waals surface area contributed by atoms with Crippen LogP contribution in [-0.4, -0.2) is 17.7 Å². The minimum absolute atomic E-state index is 0.0104. The molecule has 108 valence electrons. The first-order valence-corrected chi connectivity index (χ1v) is 6.30. The molecule has 6 nitrogen and oxygen atoms in total. The third-order valence-electron chi connectivity index (χ3n) is 2.95. The van der Waals surface area contributed by atoms with Crippen LogP contribution in [0.4, 0.5) is 11.4 Å². The predicted octanol–water partition coefficient (Wildman–Crippen LogP) is 3.44. The van der Waals surface area contributed by atoms with Gasteiger partial charge in [0.25, 0.3) is 5.69 Å². The second-order valence-corrected chi connectivity index (χ2v) is 4.31. The molecule has 0 bridgehead atoms. The van der Waals surface area contributed by atoms with Crippen LogP contribution in [0.25, 0.3) is 0 Å². The highest BCUT2D eigenvalue weighted by Gasteiger charge is 2.11. The molecule has 0 fully saturated rings. The average molecular weight is 285 g/mol. The normalized spacial score (nSPS) is 11.0. The summed E-state index contributed by atoms with van der Waals surface area (Å²) in [5.41, 5.74) is 4.71. The number of rotatable bonds is 5. The van der Waals surface area contributed by atoms with E-state index in [1.807, 2.05) is 31.2 Å². The summed E-state index contributed by atoms with van der Waals surface area (Å²) < 4.78 is 5.09. The van der Waals surface area contributed by atoms with E-state index in [0.29, 0.717) is 5.69 Å². The number of nitrogens with one attached hydrogen (secondary N) is 1. The molecule has 21 heavy (non-hydrogen) atoms. The quantitative estimate of drug-likeness (QED) is 0.518. The van der Waals surface area contributed by atoms with Gasteiger partial charge in [-0.05, 0) is 42.8 Å². The van der Waals surface area contributed by atoms with E-state index >= 15 is 0 Å². The molecule has 0 heterocycles. The van der Waals surface area contributed by atoms with Gasteiger partial charge in [0.1, 0.15) is 11.4 Å². The Bertz CT molecular complexity index is 666. The van der Waals surface area contributed by atoms with Crippen molar-refractivity contribution in [2.45, 2.75) is 6.92 Å². The third-order valence-corrected chi connectivity index (χ3v) is 2.95. The van der Waals surface area contributed by atoms with Crippen molar-refractivity contribution in [2.24, 2.45) is 5.10 Å². The van der Waals surface area contributed by atoms with Gasteiger partial charge in [-0.25, -0.2) is 0 Å². The summed E-state index contributed by atoms with van der Waals surface area (Å²) in [4.78, 5) is 10.5. The first kappa shape index (κ1) is 14.5. The number of nitro groups is 1. The molecule has 0 spiro atoms. The fraction of sp³-hybridized carbons (Fsp3) is 0.133. The molecule has 0 atom stereocenters. The lowest BCUT2D eigenvalue weighted by Crippen LogP contribution is -2.01. The Balaban J connectivity index is 2.18. The molecule has 6 heteroatoms. The second kappa shape index (κ2) is 6.51. The summed E-state index contributed by atoms with van der Waals surface area (Å²) in [7, 11) is 1.60. The molecule has 0 radical (unpaired) electrons. The standard InChI is InChI=1S/C15H15N3O3/c1-11(12-7-9-13(21-2)10-8-12)16-17-14-5-3-4-6-15(14)18(19)20/h3-10,17H,1-2H3. The SMILES string of the molecule is COc1ccc(C(C)=NNc2ccccc2[N+](=O)[O-])cc1. The Labute approximate surface area is 122 Å². The fourth-order valence-electron chi connectivity index (χ4n) is 1.77. The summed E-state index contributed by atoms with van der Waals surface area (Å²) >= 11 is 0. The highest BCUT2D eigenvalue weighted by Crippen LogP contribution is 2.23. The van der Waals surface area contributed by atoms with E-state index in [-0.39, 0.29) is 5.69 Å². The topological polar surface area (TPSA) is 76.8 Å². The lowest BCUT2D eigenvalue weighted by Gasteiger charge is -2.05. The van der Waals surface area contributed by atoms with E-state index in [2.05, 4.69) is 10.5 Å². The zero-order valence-electron chi connectivity index (χ0n) is 11.7. The Morgan fingerprint density at radius 3 is 2.48 bits per heavy atom. The molecule has 2 aromatic carbocycles. The van der Waals surface area contributed by atoms with Crippen molar-refractivity contribution in [1.29, 1.82) is 0 Å². The zero-order valence-corrected chi connectivity index (χ0v) is 11.7. The van der Waals surface area contributed by atoms with Crippen molar-refractivity contribution in [3.63, 3.8) is 0 Å². The number of hydrogen-bond acceptors (Lipinski definition) is 5. The van der Waals surface area contributed by atoms with Gasteiger partial charge in [-0.2, -0.15) is 5.10 Å². The minimum Gasteiger partial charge on any atom is -0.497 e. The minimum atomic E-state index is -0.444. The fourth-order valence-corrected chi connectivity index (χ4v) is 1.77. The maximum absolute atomic E-state index is 10.9. The molecule has 0 saturated carbocycles. The van der Waals surface area contributed by atoms with E-state index in [9.17, 15) is 10.1 Å². The van der Waals surface area contributed by atoms with Crippen molar-refractivity contribution in [2.75, 3.05) is 12.5 Å². The largest absolute Gasteiger partial charge is 0.497 e. The Morgan fingerprint density at radius 2 is 1.86 bits per heavy atom. The molecule has 0 aromatic heterocycles. The number of nitro benzene ring substituents is 1. The highest BCUT2D eigenvalue weighted by atomic mass is 16.6. The monoisotopic (exact) mass is 285 g/mol. The molecular formula is C15H15N3O3. The molecule has 2 rings (SSSR count). The number of hydrogen-bond donors (Lipinski definition) is 1. The van der Waals surface area contributed by atoms with Crippen molar-refractivity contribution < 1.29 is 9.66 Å². The summed E-state index contributed by atoms with van der Waals surface area (Å²) in [6.45, 7) is 1.82. The molecule has 2 aromatic rings. The average Bonchev–Trinajstić information content (AvgIpc) is 2.52. The van der Waals surface area contributed by atoms with Crippen molar-refractivity contribution in [3.8, 4) is 5.75 Å². The molecule has 0 aliphatic carbocycles. The van der Waals surface area contributed by atoms with Gasteiger partial charge in [-0.1, -0.05) is 12.1 Å². The Hall–Kier alpha value is -2.89. The molecule has 0 unspecified atom stereocenters. The number of hydrazone groups is 1. The number of nitrogens with zero attached hydrogens (tertiary/aromatic N) is 2. The van der Waals surface area contributed by atoms with Crippen LogP contribution in [-0.2, 0) is 0 Å². The molecule has 0 saturated heterocycles. The highest BCUT2D eigenvalue weighted by molar-refractivity contribution is 5.99. The van der Waals surface area contributed by atoms with Crippen LogP contribution in [0.15, 0.2) is 53.6 Å². The van der Waals surface area contributed by atoms with Crippen LogP contribution in [0.2, 0.25) is 0 Å². The predicted molar refractivity (Wildman–Crippen MR) is 81.9 cm³/mol. The van der Waals surface area contributed by atoms with Crippen molar-refractivity contribution >= 4 is 17.1 Å². The summed E-state index contributed by atoms with van der Waals surface area (Å²) in [6, 6.07) is 13.8. The first-order valence-electron chi connectivity index (χ1n) is 6.30. The Kier molecular flexibility index (Phi) is 4.50. The molecule has 1 N–H and O–H groups in total. The van der Waals surface area contributed by atoms with Gasteiger partial charge in [0.05, 0.1) is 17.7 Å². The van der Waals surface area contributed by atoms with Gasteiger partial charge >= 0.3 is 0 Å². The second-order valence-electron chi connectivity index (χ2n) is 4.31. The van der Waals surface area contributed by atoms with Gasteiger partial charge < -0.3 is 4.74 Å². The van der Waals surface area contributed by atoms with E-state index in [0.717, 1.165) is 17.0 Å². The van der Waals surface area contributed by atoms with Gasteiger partial charge in [-0.3, -0.25) is 15.5 Å². The van der Waals surface area contributed by atoms with Gasteiger partial charge in [0, 0.05) is 6.07 Å². The van der Waals surface area contributed by atoms with Crippen LogP contribution >= 0.6 is 0 Å². The number of ether oxygens (including phenoxy) is 1. The molecule has 0 amide bonds. The maximum Gasteiger partial charge on any atom is 0.294 e. The summed E-state index contributed by atoms with van der Waals surface area (Å²) in [5, 5.41) is 15.1. The number of methoxy groups -OCH3 is 1. The van der Waals surface area contributed by atoms with Crippen LogP contribution in [0.1, 0.15) is 12.5 Å². The van der Waals surface area contributed by atoms with Crippen LogP contribution < -0.4 is 10.2 Å². The maximum atomic E-state index is 10.9. The van der Waals surface area contributed by atoms with Gasteiger partial charge in [-0.15, -0.1) is 0 Å². The summed E-state index contributed by atoms with van der Waals surface area (Å²) in [6.07, 6.45) is 0. The molecule has 0 aliphatic rings.